The third-order valence-electron chi connectivity index (χ3n) is 8.49. The smallest absolute Gasteiger partial charge is 0.408 e. The molecule has 0 radical (unpaired) electrons. The number of para-hydroxylation sites is 1. The van der Waals surface area contributed by atoms with Crippen LogP contribution in [0.15, 0.2) is 30.8 Å². The summed E-state index contributed by atoms with van der Waals surface area (Å²) in [6.07, 6.45) is 6.50. The van der Waals surface area contributed by atoms with Crippen LogP contribution in [0.4, 0.5) is 4.79 Å². The summed E-state index contributed by atoms with van der Waals surface area (Å²) in [6.45, 7) is 9.88. The highest BCUT2D eigenvalue weighted by Gasteiger charge is 2.47. The van der Waals surface area contributed by atoms with Crippen LogP contribution < -0.4 is 10.1 Å². The van der Waals surface area contributed by atoms with E-state index in [4.69, 9.17) is 19.2 Å². The van der Waals surface area contributed by atoms with Gasteiger partial charge in [-0.2, -0.15) is 0 Å². The molecule has 9 nitrogen and oxygen atoms in total. The summed E-state index contributed by atoms with van der Waals surface area (Å²) < 4.78 is 17.3. The average molecular weight is 564 g/mol. The minimum Gasteiger partial charge on any atom is -0.472 e. The summed E-state index contributed by atoms with van der Waals surface area (Å²) in [7, 11) is 1.31. The topological polar surface area (TPSA) is 107 Å². The van der Waals surface area contributed by atoms with Crippen LogP contribution in [0.3, 0.4) is 0 Å². The molecule has 0 unspecified atom stereocenters. The SMILES string of the molecule is C=Cc1c2c(nc3ccccc13)O[C@@H]1C[C@@H](C(=O)OC)N(C1)C(=O)[C@H](C(C)(C)C)NC(=O)O[C@@H]1C[C@H]1CCCCC2. The van der Waals surface area contributed by atoms with Crippen LogP contribution in [-0.4, -0.2) is 65.8 Å². The molecule has 2 aromatic rings. The lowest BCUT2D eigenvalue weighted by Crippen LogP contribution is -2.57. The van der Waals surface area contributed by atoms with Crippen molar-refractivity contribution in [2.45, 2.75) is 90.0 Å². The minimum atomic E-state index is -0.904. The Balaban J connectivity index is 1.52. The number of esters is 1. The number of nitrogens with zero attached hydrogens (tertiary/aromatic N) is 2. The van der Waals surface area contributed by atoms with E-state index in [1.807, 2.05) is 51.1 Å². The molecule has 1 aromatic heterocycles. The Labute approximate surface area is 241 Å². The van der Waals surface area contributed by atoms with Crippen molar-refractivity contribution in [2.75, 3.05) is 13.7 Å². The Bertz CT molecular complexity index is 1330. The molecule has 2 fully saturated rings. The van der Waals surface area contributed by atoms with Gasteiger partial charge in [-0.3, -0.25) is 4.79 Å². The van der Waals surface area contributed by atoms with Crippen LogP contribution in [-0.2, 0) is 25.5 Å². The number of carbonyl (C=O) groups is 3. The fourth-order valence-electron chi connectivity index (χ4n) is 6.13. The lowest BCUT2D eigenvalue weighted by molar-refractivity contribution is -0.152. The van der Waals surface area contributed by atoms with Gasteiger partial charge in [0.05, 0.1) is 19.2 Å². The standard InChI is InChI=1S/C32H41N3O6/c1-6-21-22-13-10-11-15-24(22)33-28-23(21)14-9-7-8-12-19-16-26(19)41-31(38)34-27(32(2,3)4)29(36)35-18-20(40-28)17-25(35)30(37)39-5/h6,10-11,13,15,19-20,25-27H,1,7-9,12,14,16-18H2,2-5H3,(H,34,38)/t19-,20-,25+,26-,27-/m1/s1. The fraction of sp³-hybridized carbons (Fsp3) is 0.562. The summed E-state index contributed by atoms with van der Waals surface area (Å²) in [5.41, 5.74) is 2.16. The molecule has 1 aliphatic carbocycles. The van der Waals surface area contributed by atoms with E-state index in [-0.39, 0.29) is 25.0 Å². The van der Waals surface area contributed by atoms with E-state index < -0.39 is 35.7 Å². The van der Waals surface area contributed by atoms with Gasteiger partial charge in [0.2, 0.25) is 11.8 Å². The number of pyridine rings is 1. The van der Waals surface area contributed by atoms with Gasteiger partial charge in [0.25, 0.3) is 0 Å². The van der Waals surface area contributed by atoms with Crippen molar-refractivity contribution in [3.8, 4) is 5.88 Å². The highest BCUT2D eigenvalue weighted by molar-refractivity contribution is 5.91. The first-order valence-electron chi connectivity index (χ1n) is 14.7. The van der Waals surface area contributed by atoms with E-state index in [9.17, 15) is 14.4 Å². The number of rotatable bonds is 2. The Morgan fingerprint density at radius 2 is 1.93 bits per heavy atom. The molecule has 2 aliphatic heterocycles. The zero-order valence-electron chi connectivity index (χ0n) is 24.5. The second-order valence-corrected chi connectivity index (χ2v) is 12.5. The maximum Gasteiger partial charge on any atom is 0.408 e. The molecule has 2 bridgehead atoms. The number of benzene rings is 1. The number of ether oxygens (including phenoxy) is 3. The number of hydrogen-bond acceptors (Lipinski definition) is 7. The zero-order valence-corrected chi connectivity index (χ0v) is 24.5. The summed E-state index contributed by atoms with van der Waals surface area (Å²) >= 11 is 0. The number of nitrogens with one attached hydrogen (secondary N) is 1. The molecular weight excluding hydrogens is 522 g/mol. The Morgan fingerprint density at radius 1 is 1.15 bits per heavy atom. The molecule has 3 aliphatic rings. The van der Waals surface area contributed by atoms with Crippen LogP contribution in [0.5, 0.6) is 5.88 Å². The monoisotopic (exact) mass is 563 g/mol. The molecule has 5 atom stereocenters. The molecule has 41 heavy (non-hydrogen) atoms. The molecule has 2 amide bonds. The van der Waals surface area contributed by atoms with E-state index in [1.165, 1.54) is 12.0 Å². The maximum atomic E-state index is 14.0. The normalized spacial score (nSPS) is 27.3. The summed E-state index contributed by atoms with van der Waals surface area (Å²) in [4.78, 5) is 46.1. The van der Waals surface area contributed by atoms with Gasteiger partial charge in [0.15, 0.2) is 0 Å². The lowest BCUT2D eigenvalue weighted by atomic mass is 9.85. The number of fused-ring (bicyclic) bond motifs is 5. The predicted octanol–water partition coefficient (Wildman–Crippen LogP) is 5.05. The second-order valence-electron chi connectivity index (χ2n) is 12.5. The van der Waals surface area contributed by atoms with Crippen molar-refractivity contribution in [2.24, 2.45) is 11.3 Å². The quantitative estimate of drug-likeness (QED) is 0.510. The van der Waals surface area contributed by atoms with E-state index in [0.29, 0.717) is 11.8 Å². The van der Waals surface area contributed by atoms with Gasteiger partial charge in [-0.05, 0) is 48.6 Å². The number of amides is 2. The largest absolute Gasteiger partial charge is 0.472 e. The third-order valence-corrected chi connectivity index (χ3v) is 8.49. The predicted molar refractivity (Wildman–Crippen MR) is 155 cm³/mol. The van der Waals surface area contributed by atoms with Crippen molar-refractivity contribution < 1.29 is 28.6 Å². The molecule has 5 rings (SSSR count). The fourth-order valence-corrected chi connectivity index (χ4v) is 6.13. The van der Waals surface area contributed by atoms with Gasteiger partial charge in [-0.15, -0.1) is 0 Å². The van der Waals surface area contributed by atoms with Crippen LogP contribution in [0.1, 0.15) is 70.4 Å². The maximum absolute atomic E-state index is 14.0. The lowest BCUT2D eigenvalue weighted by Gasteiger charge is -2.34. The molecule has 1 saturated carbocycles. The van der Waals surface area contributed by atoms with Gasteiger partial charge in [-0.25, -0.2) is 14.6 Å². The summed E-state index contributed by atoms with van der Waals surface area (Å²) in [6, 6.07) is 6.17. The van der Waals surface area contributed by atoms with E-state index in [0.717, 1.165) is 60.6 Å². The van der Waals surface area contributed by atoms with Gasteiger partial charge in [0.1, 0.15) is 24.3 Å². The van der Waals surface area contributed by atoms with Crippen LogP contribution in [0, 0.1) is 11.3 Å². The average Bonchev–Trinajstić information content (AvgIpc) is 3.53. The van der Waals surface area contributed by atoms with Crippen LogP contribution in [0.25, 0.3) is 17.0 Å². The molecular formula is C32H41N3O6. The van der Waals surface area contributed by atoms with Crippen molar-refractivity contribution in [3.05, 3.63) is 42.0 Å². The molecule has 1 aromatic carbocycles. The molecule has 3 heterocycles. The van der Waals surface area contributed by atoms with Gasteiger partial charge in [-0.1, -0.05) is 64.5 Å². The minimum absolute atomic E-state index is 0.124. The first-order chi connectivity index (χ1) is 19.6. The summed E-state index contributed by atoms with van der Waals surface area (Å²) in [5.74, 6) is -0.0387. The molecule has 0 spiro atoms. The van der Waals surface area contributed by atoms with Gasteiger partial charge in [0, 0.05) is 17.4 Å². The van der Waals surface area contributed by atoms with Crippen LogP contribution in [0.2, 0.25) is 0 Å². The van der Waals surface area contributed by atoms with Crippen LogP contribution >= 0.6 is 0 Å². The van der Waals surface area contributed by atoms with Crippen molar-refractivity contribution in [1.82, 2.24) is 15.2 Å². The second kappa shape index (κ2) is 11.7. The van der Waals surface area contributed by atoms with E-state index >= 15 is 0 Å². The number of hydrogen-bond donors (Lipinski definition) is 1. The molecule has 1 saturated heterocycles. The first-order valence-corrected chi connectivity index (χ1v) is 14.7. The number of carbonyl (C=O) groups excluding carboxylic acids is 3. The van der Waals surface area contributed by atoms with Gasteiger partial charge < -0.3 is 24.4 Å². The van der Waals surface area contributed by atoms with Crippen molar-refractivity contribution in [1.29, 1.82) is 0 Å². The highest BCUT2D eigenvalue weighted by atomic mass is 16.6. The molecule has 1 N–H and O–H groups in total. The van der Waals surface area contributed by atoms with E-state index in [1.54, 1.807) is 0 Å². The van der Waals surface area contributed by atoms with E-state index in [2.05, 4.69) is 11.9 Å². The van der Waals surface area contributed by atoms with Crippen molar-refractivity contribution >= 4 is 34.9 Å². The first kappa shape index (κ1) is 28.9. The summed E-state index contributed by atoms with van der Waals surface area (Å²) in [5, 5.41) is 3.83. The highest BCUT2D eigenvalue weighted by Crippen LogP contribution is 2.39. The van der Waals surface area contributed by atoms with Crippen molar-refractivity contribution in [3.63, 3.8) is 0 Å². The number of methoxy groups -OCH3 is 1. The Hall–Kier alpha value is -3.62. The third kappa shape index (κ3) is 6.19. The number of alkyl carbamates (subject to hydrolysis) is 1. The Morgan fingerprint density at radius 3 is 2.66 bits per heavy atom. The number of aromatic nitrogens is 1. The molecule has 9 heteroatoms. The Kier molecular flexibility index (Phi) is 8.25. The molecule has 220 valence electrons. The van der Waals surface area contributed by atoms with Gasteiger partial charge >= 0.3 is 12.1 Å². The zero-order chi connectivity index (χ0) is 29.3.